The lowest BCUT2D eigenvalue weighted by molar-refractivity contribution is -0.445. The first-order chi connectivity index (χ1) is 4.77. The molecule has 0 aliphatic heterocycles. The average Bonchev–Trinajstić information content (AvgIpc) is 1.83. The van der Waals surface area contributed by atoms with Crippen molar-refractivity contribution in [3.63, 3.8) is 0 Å². The van der Waals surface area contributed by atoms with E-state index >= 15 is 0 Å². The van der Waals surface area contributed by atoms with Gasteiger partial charge in [0.1, 0.15) is 0 Å². The Morgan fingerprint density at radius 1 is 1.27 bits per heavy atom. The van der Waals surface area contributed by atoms with Crippen LogP contribution in [-0.4, -0.2) is 21.9 Å². The molecule has 0 aromatic heterocycles. The average molecular weight is 196 g/mol. The van der Waals surface area contributed by atoms with Gasteiger partial charge in [-0.05, 0) is 0 Å². The van der Waals surface area contributed by atoms with Crippen LogP contribution in [0.1, 0.15) is 0 Å². The summed E-state index contributed by atoms with van der Waals surface area (Å²) in [6.45, 7) is 0. The van der Waals surface area contributed by atoms with Crippen molar-refractivity contribution in [1.29, 1.82) is 0 Å². The zero-order valence-corrected chi connectivity index (χ0v) is 5.90. The molecule has 0 aliphatic carbocycles. The topological polar surface area (TPSA) is 61.8 Å². The SMILES string of the molecule is COS(=O)(=O)OOC(F)(F)F. The first-order valence-electron chi connectivity index (χ1n) is 2.01. The minimum atomic E-state index is -5.18. The molecular formula is C2H3F3O5S. The molecule has 0 aromatic rings. The molecule has 0 saturated carbocycles. The van der Waals surface area contributed by atoms with Crippen LogP contribution in [0.15, 0.2) is 0 Å². The number of halogens is 3. The van der Waals surface area contributed by atoms with E-state index in [0.717, 1.165) is 0 Å². The second-order valence-corrected chi connectivity index (χ2v) is 2.46. The minimum absolute atomic E-state index is 0.620. The normalized spacial score (nSPS) is 13.5. The maximum atomic E-state index is 11.1. The van der Waals surface area contributed by atoms with Gasteiger partial charge in [-0.1, -0.05) is 4.33 Å². The third-order valence-corrected chi connectivity index (χ3v) is 1.06. The summed E-state index contributed by atoms with van der Waals surface area (Å²) in [5.41, 5.74) is 0. The maximum absolute atomic E-state index is 11.1. The van der Waals surface area contributed by atoms with Gasteiger partial charge in [0.2, 0.25) is 0 Å². The number of hydrogen-bond acceptors (Lipinski definition) is 5. The molecular weight excluding hydrogens is 193 g/mol. The fourth-order valence-corrected chi connectivity index (χ4v) is 0.324. The summed E-state index contributed by atoms with van der Waals surface area (Å²) in [5.74, 6) is 0. The predicted molar refractivity (Wildman–Crippen MR) is 24.2 cm³/mol. The molecule has 0 aromatic carbocycles. The Balaban J connectivity index is 3.91. The molecule has 0 heterocycles. The predicted octanol–water partition coefficient (Wildman–Crippen LogP) is 0.346. The number of rotatable bonds is 3. The van der Waals surface area contributed by atoms with Crippen molar-refractivity contribution in [2.45, 2.75) is 6.36 Å². The van der Waals surface area contributed by atoms with Crippen molar-refractivity contribution in [1.82, 2.24) is 0 Å². The van der Waals surface area contributed by atoms with Gasteiger partial charge in [-0.2, -0.15) is 8.42 Å². The Hall–Kier alpha value is -0.380. The van der Waals surface area contributed by atoms with E-state index in [9.17, 15) is 21.6 Å². The van der Waals surface area contributed by atoms with Crippen molar-refractivity contribution in [3.05, 3.63) is 0 Å². The Bertz CT molecular complexity index is 204. The molecule has 9 heteroatoms. The Labute approximate surface area is 59.9 Å². The zero-order chi connectivity index (χ0) is 9.12. The van der Waals surface area contributed by atoms with Gasteiger partial charge in [-0.25, -0.2) is 4.18 Å². The first kappa shape index (κ1) is 10.6. The lowest BCUT2D eigenvalue weighted by Gasteiger charge is -2.03. The van der Waals surface area contributed by atoms with Crippen LogP contribution < -0.4 is 0 Å². The lowest BCUT2D eigenvalue weighted by Crippen LogP contribution is -2.18. The van der Waals surface area contributed by atoms with E-state index in [0.29, 0.717) is 7.11 Å². The molecule has 5 nitrogen and oxygen atoms in total. The van der Waals surface area contributed by atoms with Crippen LogP contribution in [0.25, 0.3) is 0 Å². The molecule has 0 N–H and O–H groups in total. The fraction of sp³-hybridized carbons (Fsp3) is 1.00. The summed E-state index contributed by atoms with van der Waals surface area (Å²) in [5, 5.41) is 0. The second kappa shape index (κ2) is 3.34. The molecule has 68 valence electrons. The van der Waals surface area contributed by atoms with Crippen LogP contribution in [0.2, 0.25) is 0 Å². The second-order valence-electron chi connectivity index (χ2n) is 1.17. The molecule has 11 heavy (non-hydrogen) atoms. The van der Waals surface area contributed by atoms with Crippen LogP contribution in [0.3, 0.4) is 0 Å². The molecule has 0 spiro atoms. The monoisotopic (exact) mass is 196 g/mol. The van der Waals surface area contributed by atoms with Crippen LogP contribution in [0, 0.1) is 0 Å². The molecule has 0 aliphatic rings. The molecule has 0 bridgehead atoms. The summed E-state index contributed by atoms with van der Waals surface area (Å²) in [7, 11) is -4.07. The van der Waals surface area contributed by atoms with Gasteiger partial charge < -0.3 is 0 Å². The van der Waals surface area contributed by atoms with Crippen LogP contribution in [0.4, 0.5) is 13.2 Å². The molecule has 0 saturated heterocycles. The zero-order valence-electron chi connectivity index (χ0n) is 5.08. The summed E-state index contributed by atoms with van der Waals surface area (Å²) in [4.78, 5) is 2.47. The van der Waals surface area contributed by atoms with E-state index < -0.39 is 16.8 Å². The molecule has 0 atom stereocenters. The van der Waals surface area contributed by atoms with Crippen molar-refractivity contribution >= 4 is 10.4 Å². The van der Waals surface area contributed by atoms with Crippen LogP contribution in [0.5, 0.6) is 0 Å². The Morgan fingerprint density at radius 2 is 1.73 bits per heavy atom. The highest BCUT2D eigenvalue weighted by molar-refractivity contribution is 7.81. The van der Waals surface area contributed by atoms with Crippen molar-refractivity contribution < 1.29 is 35.0 Å². The highest BCUT2D eigenvalue weighted by atomic mass is 32.3. The molecule has 0 radical (unpaired) electrons. The molecule has 0 unspecified atom stereocenters. The lowest BCUT2D eigenvalue weighted by atomic mass is 11.4. The van der Waals surface area contributed by atoms with E-state index in [-0.39, 0.29) is 0 Å². The van der Waals surface area contributed by atoms with Gasteiger partial charge >= 0.3 is 16.8 Å². The Kier molecular flexibility index (Phi) is 3.23. The highest BCUT2D eigenvalue weighted by Gasteiger charge is 2.34. The van der Waals surface area contributed by atoms with Crippen molar-refractivity contribution in [2.75, 3.05) is 7.11 Å². The minimum Gasteiger partial charge on any atom is -0.250 e. The third kappa shape index (κ3) is 6.04. The van der Waals surface area contributed by atoms with E-state index in [1.807, 2.05) is 0 Å². The smallest absolute Gasteiger partial charge is 0.250 e. The third-order valence-electron chi connectivity index (χ3n) is 0.416. The molecule has 0 rings (SSSR count). The van der Waals surface area contributed by atoms with Crippen LogP contribution >= 0.6 is 0 Å². The van der Waals surface area contributed by atoms with Gasteiger partial charge in [-0.15, -0.1) is 18.1 Å². The summed E-state index contributed by atoms with van der Waals surface area (Å²) in [6, 6.07) is 0. The number of hydrogen-bond donors (Lipinski definition) is 0. The van der Waals surface area contributed by atoms with E-state index in [4.69, 9.17) is 0 Å². The van der Waals surface area contributed by atoms with Crippen molar-refractivity contribution in [2.24, 2.45) is 0 Å². The molecule has 0 fully saturated rings. The van der Waals surface area contributed by atoms with Gasteiger partial charge in [0.05, 0.1) is 7.11 Å². The van der Waals surface area contributed by atoms with Gasteiger partial charge in [-0.3, -0.25) is 0 Å². The first-order valence-corrected chi connectivity index (χ1v) is 3.35. The molecule has 0 amide bonds. The quantitative estimate of drug-likeness (QED) is 0.481. The van der Waals surface area contributed by atoms with E-state index in [1.54, 1.807) is 0 Å². The number of alkyl halides is 3. The highest BCUT2D eigenvalue weighted by Crippen LogP contribution is 2.17. The largest absolute Gasteiger partial charge is 0.550 e. The Morgan fingerprint density at radius 3 is 2.00 bits per heavy atom. The standard InChI is InChI=1S/C2H3F3O5S/c1-8-11(6,7)10-9-2(3,4)5/h1H3. The fourth-order valence-electron chi connectivity index (χ4n) is 0.108. The summed E-state index contributed by atoms with van der Waals surface area (Å²) < 4.78 is 59.4. The van der Waals surface area contributed by atoms with Crippen LogP contribution in [-0.2, 0) is 23.8 Å². The summed E-state index contributed by atoms with van der Waals surface area (Å²) >= 11 is 0. The van der Waals surface area contributed by atoms with Crippen molar-refractivity contribution in [3.8, 4) is 0 Å². The maximum Gasteiger partial charge on any atom is 0.550 e. The van der Waals surface area contributed by atoms with Gasteiger partial charge in [0, 0.05) is 0 Å². The van der Waals surface area contributed by atoms with E-state index in [1.165, 1.54) is 0 Å². The van der Waals surface area contributed by atoms with E-state index in [2.05, 4.69) is 13.4 Å². The summed E-state index contributed by atoms with van der Waals surface area (Å²) in [6.07, 6.45) is -5.18. The van der Waals surface area contributed by atoms with Gasteiger partial charge in [0.25, 0.3) is 0 Å². The van der Waals surface area contributed by atoms with Gasteiger partial charge in [0.15, 0.2) is 0 Å².